The molecule has 1 heterocycles. The molecule has 13 nitrogen and oxygen atoms in total. The Kier molecular flexibility index (Phi) is 9.73. The van der Waals surface area contributed by atoms with Crippen molar-refractivity contribution in [1.82, 2.24) is 29.5 Å². The van der Waals surface area contributed by atoms with E-state index in [2.05, 4.69) is 15.0 Å². The molecule has 0 aliphatic rings. The quantitative estimate of drug-likeness (QED) is 0.197. The average Bonchev–Trinajstić information content (AvgIpc) is 3.37. The standard InChI is InChI=1S/C23H29FN6O7S2/c1-16(2)22(23(31)27-32)30(39(35,36)21-10-6-19(37-3)7-11-21)13-12-29-15-18(26-28-29)14-25-38(33,34)20-8-4-17(24)5-9-20/h4-11,15-16,22,25,32H,12-14H2,1-3H3,(H,27,31)/t22-/m1/s1. The highest BCUT2D eigenvalue weighted by Crippen LogP contribution is 2.24. The second kappa shape index (κ2) is 12.6. The molecule has 3 rings (SSSR count). The number of carbonyl (C=O) groups excluding carboxylic acids is 1. The van der Waals surface area contributed by atoms with Crippen LogP contribution in [0.4, 0.5) is 4.39 Å². The summed E-state index contributed by atoms with van der Waals surface area (Å²) in [5, 5.41) is 17.1. The van der Waals surface area contributed by atoms with Crippen LogP contribution in [0.25, 0.3) is 0 Å². The first-order valence-corrected chi connectivity index (χ1v) is 14.6. The van der Waals surface area contributed by atoms with E-state index in [4.69, 9.17) is 4.74 Å². The van der Waals surface area contributed by atoms with Gasteiger partial charge >= 0.3 is 0 Å². The van der Waals surface area contributed by atoms with Crippen LogP contribution >= 0.6 is 0 Å². The van der Waals surface area contributed by atoms with Crippen LogP contribution in [0, 0.1) is 11.7 Å². The SMILES string of the molecule is COc1ccc(S(=O)(=O)N(CCn2cc(CNS(=O)(=O)c3ccc(F)cc3)nn2)[C@@H](C(=O)NO)C(C)C)cc1. The Balaban J connectivity index is 1.79. The van der Waals surface area contributed by atoms with E-state index < -0.39 is 43.7 Å². The lowest BCUT2D eigenvalue weighted by Gasteiger charge is -2.31. The van der Waals surface area contributed by atoms with Crippen molar-refractivity contribution in [3.8, 4) is 5.75 Å². The number of rotatable bonds is 13. The molecule has 0 radical (unpaired) electrons. The summed E-state index contributed by atoms with van der Waals surface area (Å²) in [6.45, 7) is 2.77. The minimum absolute atomic E-state index is 0.0466. The smallest absolute Gasteiger partial charge is 0.262 e. The minimum atomic E-state index is -4.23. The topological polar surface area (TPSA) is 173 Å². The summed E-state index contributed by atoms with van der Waals surface area (Å²) >= 11 is 0. The summed E-state index contributed by atoms with van der Waals surface area (Å²) in [5.74, 6) is -1.55. The van der Waals surface area contributed by atoms with E-state index in [1.807, 2.05) is 0 Å². The summed E-state index contributed by atoms with van der Waals surface area (Å²) in [4.78, 5) is 12.3. The molecule has 3 aromatic rings. The lowest BCUT2D eigenvalue weighted by molar-refractivity contribution is -0.134. The van der Waals surface area contributed by atoms with E-state index in [1.54, 1.807) is 13.8 Å². The fourth-order valence-corrected chi connectivity index (χ4v) is 6.43. The lowest BCUT2D eigenvalue weighted by Crippen LogP contribution is -2.52. The van der Waals surface area contributed by atoms with E-state index in [1.165, 1.54) is 47.7 Å². The molecule has 0 bridgehead atoms. The molecule has 1 aromatic heterocycles. The molecule has 16 heteroatoms. The number of amides is 1. The Morgan fingerprint density at radius 1 is 1.08 bits per heavy atom. The van der Waals surface area contributed by atoms with E-state index in [9.17, 15) is 31.2 Å². The number of ether oxygens (including phenoxy) is 1. The molecule has 39 heavy (non-hydrogen) atoms. The Morgan fingerprint density at radius 2 is 1.69 bits per heavy atom. The highest BCUT2D eigenvalue weighted by atomic mass is 32.2. The van der Waals surface area contributed by atoms with Crippen LogP contribution in [0.5, 0.6) is 5.75 Å². The number of carbonyl (C=O) groups is 1. The minimum Gasteiger partial charge on any atom is -0.497 e. The third-order valence-corrected chi connectivity index (χ3v) is 9.00. The molecule has 0 fully saturated rings. The van der Waals surface area contributed by atoms with E-state index >= 15 is 0 Å². The van der Waals surface area contributed by atoms with Gasteiger partial charge in [0.05, 0.1) is 35.7 Å². The van der Waals surface area contributed by atoms with Gasteiger partial charge < -0.3 is 4.74 Å². The third kappa shape index (κ3) is 7.36. The summed E-state index contributed by atoms with van der Waals surface area (Å²) in [7, 11) is -6.72. The van der Waals surface area contributed by atoms with Crippen LogP contribution in [0.3, 0.4) is 0 Å². The number of nitrogens with zero attached hydrogens (tertiary/aromatic N) is 4. The van der Waals surface area contributed by atoms with Crippen molar-refractivity contribution in [2.75, 3.05) is 13.7 Å². The molecule has 1 atom stereocenters. The summed E-state index contributed by atoms with van der Waals surface area (Å²) < 4.78 is 74.8. The molecule has 3 N–H and O–H groups in total. The number of hydrogen-bond acceptors (Lipinski definition) is 9. The van der Waals surface area contributed by atoms with Gasteiger partial charge in [0, 0.05) is 12.7 Å². The Bertz CT molecular complexity index is 1480. The number of hydroxylamine groups is 1. The van der Waals surface area contributed by atoms with Crippen LogP contribution in [-0.2, 0) is 37.9 Å². The van der Waals surface area contributed by atoms with Gasteiger partial charge in [0.15, 0.2) is 0 Å². The maximum Gasteiger partial charge on any atom is 0.262 e. The van der Waals surface area contributed by atoms with Gasteiger partial charge in [0.25, 0.3) is 5.91 Å². The molecule has 1 amide bonds. The van der Waals surface area contributed by atoms with Gasteiger partial charge in [-0.25, -0.2) is 31.4 Å². The third-order valence-electron chi connectivity index (χ3n) is 5.69. The molecule has 0 saturated heterocycles. The molecule has 0 saturated carbocycles. The fourth-order valence-electron chi connectivity index (χ4n) is 3.72. The molecule has 0 spiro atoms. The summed E-state index contributed by atoms with van der Waals surface area (Å²) in [6, 6.07) is 8.67. The van der Waals surface area contributed by atoms with E-state index in [-0.39, 0.29) is 35.1 Å². The second-order valence-electron chi connectivity index (χ2n) is 8.71. The summed E-state index contributed by atoms with van der Waals surface area (Å²) in [6.07, 6.45) is 1.42. The Hall–Kier alpha value is -3.44. The molecular weight excluding hydrogens is 555 g/mol. The normalized spacial score (nSPS) is 13.0. The number of methoxy groups -OCH3 is 1. The fraction of sp³-hybridized carbons (Fsp3) is 0.348. The predicted molar refractivity (Wildman–Crippen MR) is 136 cm³/mol. The van der Waals surface area contributed by atoms with Crippen molar-refractivity contribution in [1.29, 1.82) is 0 Å². The second-order valence-corrected chi connectivity index (χ2v) is 12.4. The van der Waals surface area contributed by atoms with Gasteiger partial charge in [-0.15, -0.1) is 5.10 Å². The maximum atomic E-state index is 13.6. The highest BCUT2D eigenvalue weighted by Gasteiger charge is 2.37. The van der Waals surface area contributed by atoms with Gasteiger partial charge in [-0.3, -0.25) is 14.7 Å². The van der Waals surface area contributed by atoms with E-state index in [0.29, 0.717) is 5.75 Å². The van der Waals surface area contributed by atoms with Crippen molar-refractivity contribution in [3.63, 3.8) is 0 Å². The number of halogens is 1. The van der Waals surface area contributed by atoms with Crippen molar-refractivity contribution in [2.24, 2.45) is 5.92 Å². The summed E-state index contributed by atoms with van der Waals surface area (Å²) in [5.41, 5.74) is 1.77. The zero-order chi connectivity index (χ0) is 28.8. The van der Waals surface area contributed by atoms with Crippen molar-refractivity contribution in [3.05, 3.63) is 66.2 Å². The molecule has 212 valence electrons. The molecule has 0 aliphatic heterocycles. The van der Waals surface area contributed by atoms with Crippen LogP contribution < -0.4 is 14.9 Å². The van der Waals surface area contributed by atoms with Crippen LogP contribution in [-0.4, -0.2) is 66.9 Å². The monoisotopic (exact) mass is 584 g/mol. The Labute approximate surface area is 225 Å². The van der Waals surface area contributed by atoms with Gasteiger partial charge in [0.1, 0.15) is 17.6 Å². The number of aromatic nitrogens is 3. The largest absolute Gasteiger partial charge is 0.497 e. The number of sulfonamides is 2. The number of nitrogens with one attached hydrogen (secondary N) is 2. The Morgan fingerprint density at radius 3 is 2.26 bits per heavy atom. The molecular formula is C23H29FN6O7S2. The first kappa shape index (κ1) is 30.1. The first-order valence-electron chi connectivity index (χ1n) is 11.6. The highest BCUT2D eigenvalue weighted by molar-refractivity contribution is 7.89. The van der Waals surface area contributed by atoms with Crippen molar-refractivity contribution >= 4 is 26.0 Å². The van der Waals surface area contributed by atoms with Gasteiger partial charge in [-0.05, 0) is 54.4 Å². The lowest BCUT2D eigenvalue weighted by atomic mass is 10.0. The molecule has 0 aliphatic carbocycles. The number of benzene rings is 2. The molecule has 2 aromatic carbocycles. The molecule has 0 unspecified atom stereocenters. The van der Waals surface area contributed by atoms with Crippen LogP contribution in [0.1, 0.15) is 19.5 Å². The number of hydrogen-bond donors (Lipinski definition) is 3. The van der Waals surface area contributed by atoms with Crippen molar-refractivity contribution < 1.29 is 36.0 Å². The van der Waals surface area contributed by atoms with Gasteiger partial charge in [-0.2, -0.15) is 4.31 Å². The predicted octanol–water partition coefficient (Wildman–Crippen LogP) is 1.13. The first-order chi connectivity index (χ1) is 18.4. The zero-order valence-electron chi connectivity index (χ0n) is 21.4. The van der Waals surface area contributed by atoms with E-state index in [0.717, 1.165) is 28.6 Å². The van der Waals surface area contributed by atoms with Crippen LogP contribution in [0.15, 0.2) is 64.5 Å². The van der Waals surface area contributed by atoms with Crippen LogP contribution in [0.2, 0.25) is 0 Å². The maximum absolute atomic E-state index is 13.6. The van der Waals surface area contributed by atoms with Gasteiger partial charge in [-0.1, -0.05) is 19.1 Å². The average molecular weight is 585 g/mol. The zero-order valence-corrected chi connectivity index (χ0v) is 23.0. The van der Waals surface area contributed by atoms with Gasteiger partial charge in [0.2, 0.25) is 20.0 Å². The van der Waals surface area contributed by atoms with Crippen molar-refractivity contribution in [2.45, 2.75) is 42.8 Å².